The number of ether oxygens (including phenoxy) is 2. The maximum Gasteiger partial charge on any atom is 0.143 e. The molecule has 0 bridgehead atoms. The highest BCUT2D eigenvalue weighted by Gasteiger charge is 2.54. The summed E-state index contributed by atoms with van der Waals surface area (Å²) in [5.41, 5.74) is 1.08. The summed E-state index contributed by atoms with van der Waals surface area (Å²) in [5, 5.41) is 8.64. The van der Waals surface area contributed by atoms with Gasteiger partial charge >= 0.3 is 0 Å². The van der Waals surface area contributed by atoms with E-state index in [2.05, 4.69) is 0 Å². The molecule has 1 aliphatic carbocycles. The number of hydrogen-bond donors (Lipinski definition) is 1. The van der Waals surface area contributed by atoms with Crippen LogP contribution in [0.5, 0.6) is 5.75 Å². The molecule has 1 unspecified atom stereocenters. The summed E-state index contributed by atoms with van der Waals surface area (Å²) in [6, 6.07) is 12.3. The van der Waals surface area contributed by atoms with E-state index in [1.807, 2.05) is 38.1 Å². The highest BCUT2D eigenvalue weighted by atomic mass is 19.1. The molecule has 146 valence electrons. The second-order valence-corrected chi connectivity index (χ2v) is 7.44. The van der Waals surface area contributed by atoms with Crippen molar-refractivity contribution in [2.24, 2.45) is 5.92 Å². The Bertz CT molecular complexity index is 761. The van der Waals surface area contributed by atoms with Crippen molar-refractivity contribution < 1.29 is 23.4 Å². The first-order valence-corrected chi connectivity index (χ1v) is 9.34. The van der Waals surface area contributed by atoms with Gasteiger partial charge in [0, 0.05) is 11.5 Å². The van der Waals surface area contributed by atoms with Crippen LogP contribution in [-0.4, -0.2) is 30.3 Å². The van der Waals surface area contributed by atoms with Crippen molar-refractivity contribution in [3.63, 3.8) is 0 Å². The molecule has 0 aromatic heterocycles. The van der Waals surface area contributed by atoms with Crippen LogP contribution in [0.2, 0.25) is 0 Å². The fourth-order valence-electron chi connectivity index (χ4n) is 3.33. The Balaban J connectivity index is 1.62. The van der Waals surface area contributed by atoms with E-state index in [1.54, 1.807) is 12.1 Å². The summed E-state index contributed by atoms with van der Waals surface area (Å²) in [7, 11) is 0. The van der Waals surface area contributed by atoms with Crippen LogP contribution in [0.4, 0.5) is 8.78 Å². The molecule has 2 aromatic rings. The van der Waals surface area contributed by atoms with Crippen molar-refractivity contribution >= 4 is 0 Å². The largest absolute Gasteiger partial charge is 0.491 e. The van der Waals surface area contributed by atoms with Crippen LogP contribution in [0, 0.1) is 11.7 Å². The van der Waals surface area contributed by atoms with Gasteiger partial charge in [-0.15, -0.1) is 0 Å². The van der Waals surface area contributed by atoms with E-state index in [1.165, 1.54) is 6.07 Å². The smallest absolute Gasteiger partial charge is 0.143 e. The Morgan fingerprint density at radius 2 is 1.93 bits per heavy atom. The van der Waals surface area contributed by atoms with Crippen molar-refractivity contribution in [3.05, 3.63) is 53.8 Å². The highest BCUT2D eigenvalue weighted by molar-refractivity contribution is 5.66. The van der Waals surface area contributed by atoms with E-state index >= 15 is 0 Å². The predicted octanol–water partition coefficient (Wildman–Crippen LogP) is 4.91. The number of halogens is 2. The van der Waals surface area contributed by atoms with Gasteiger partial charge in [-0.1, -0.05) is 24.3 Å². The number of aliphatic hydroxyl groups excluding tert-OH is 1. The molecule has 0 aliphatic heterocycles. The Morgan fingerprint density at radius 3 is 2.59 bits per heavy atom. The van der Waals surface area contributed by atoms with Crippen molar-refractivity contribution in [2.45, 2.75) is 44.9 Å². The van der Waals surface area contributed by atoms with Crippen LogP contribution in [0.25, 0.3) is 11.1 Å². The lowest BCUT2D eigenvalue weighted by Crippen LogP contribution is -2.10. The zero-order valence-electron chi connectivity index (χ0n) is 15.8. The predicted molar refractivity (Wildman–Crippen MR) is 101 cm³/mol. The van der Waals surface area contributed by atoms with Gasteiger partial charge in [0.2, 0.25) is 0 Å². The lowest BCUT2D eigenvalue weighted by Gasteiger charge is -2.12. The van der Waals surface area contributed by atoms with Crippen LogP contribution in [0.3, 0.4) is 0 Å². The number of alkyl halides is 1. The normalized spacial score (nSPS) is 21.5. The van der Waals surface area contributed by atoms with Gasteiger partial charge in [0.15, 0.2) is 0 Å². The molecule has 1 N–H and O–H groups in total. The van der Waals surface area contributed by atoms with Crippen LogP contribution < -0.4 is 4.74 Å². The molecule has 0 radical (unpaired) electrons. The minimum Gasteiger partial charge on any atom is -0.491 e. The second kappa shape index (κ2) is 8.36. The quantitative estimate of drug-likeness (QED) is 0.632. The first-order chi connectivity index (χ1) is 12.9. The summed E-state index contributed by atoms with van der Waals surface area (Å²) in [6.07, 6.45) is 1.55. The number of hydrogen-bond acceptors (Lipinski definition) is 3. The Labute approximate surface area is 158 Å². The van der Waals surface area contributed by atoms with E-state index in [4.69, 9.17) is 14.6 Å². The third-order valence-electron chi connectivity index (χ3n) is 4.97. The van der Waals surface area contributed by atoms with Gasteiger partial charge in [0.25, 0.3) is 0 Å². The average Bonchev–Trinajstić information content (AvgIpc) is 3.30. The van der Waals surface area contributed by atoms with Crippen LogP contribution in [-0.2, 0) is 11.2 Å². The maximum atomic E-state index is 14.5. The van der Waals surface area contributed by atoms with E-state index in [-0.39, 0.29) is 31.2 Å². The molecule has 3 nitrogen and oxygen atoms in total. The topological polar surface area (TPSA) is 38.7 Å². The molecule has 1 fully saturated rings. The van der Waals surface area contributed by atoms with E-state index in [0.29, 0.717) is 30.6 Å². The fraction of sp³-hybridized carbons (Fsp3) is 0.455. The van der Waals surface area contributed by atoms with Crippen LogP contribution in [0.1, 0.15) is 32.3 Å². The van der Waals surface area contributed by atoms with Crippen LogP contribution in [0.15, 0.2) is 42.5 Å². The number of benzene rings is 2. The minimum absolute atomic E-state index is 0.0211. The van der Waals surface area contributed by atoms with E-state index in [0.717, 1.165) is 11.1 Å². The molecular formula is C22H26F2O3. The molecule has 2 aromatic carbocycles. The van der Waals surface area contributed by atoms with Crippen LogP contribution >= 0.6 is 0 Å². The average molecular weight is 376 g/mol. The standard InChI is InChI=1S/C22H26F2O3/c1-15(2)27-19-7-8-21(23)20(11-19)17-5-3-16(4-6-17)9-10-22(24)12-18(22)13-26-14-25/h3-8,11,15,18,25H,9-10,12-14H2,1-2H3/t18?,22-/m0/s1. The summed E-state index contributed by atoms with van der Waals surface area (Å²) in [6.45, 7) is 3.75. The molecule has 3 rings (SSSR count). The third-order valence-corrected chi connectivity index (χ3v) is 4.97. The lowest BCUT2D eigenvalue weighted by atomic mass is 10.00. The van der Waals surface area contributed by atoms with Gasteiger partial charge in [-0.05, 0) is 62.4 Å². The zero-order chi connectivity index (χ0) is 19.4. The van der Waals surface area contributed by atoms with Gasteiger partial charge in [0.05, 0.1) is 12.7 Å². The van der Waals surface area contributed by atoms with Crippen molar-refractivity contribution in [3.8, 4) is 16.9 Å². The first kappa shape index (κ1) is 19.8. The molecule has 5 heteroatoms. The molecule has 2 atom stereocenters. The number of aryl methyl sites for hydroxylation is 1. The van der Waals surface area contributed by atoms with Crippen molar-refractivity contribution in [1.82, 2.24) is 0 Å². The molecule has 0 amide bonds. The van der Waals surface area contributed by atoms with Gasteiger partial charge in [0.1, 0.15) is 24.0 Å². The maximum absolute atomic E-state index is 14.5. The SMILES string of the molecule is CC(C)Oc1ccc(F)c(-c2ccc(CC[C@]3(F)CC3COCO)cc2)c1. The second-order valence-electron chi connectivity index (χ2n) is 7.44. The highest BCUT2D eigenvalue weighted by Crippen LogP contribution is 2.50. The summed E-state index contributed by atoms with van der Waals surface area (Å²) < 4.78 is 39.2. The molecule has 1 saturated carbocycles. The molecular weight excluding hydrogens is 350 g/mol. The summed E-state index contributed by atoms with van der Waals surface area (Å²) in [5.74, 6) is 0.211. The molecule has 0 heterocycles. The summed E-state index contributed by atoms with van der Waals surface area (Å²) in [4.78, 5) is 0. The third kappa shape index (κ3) is 5.05. The fourth-order valence-corrected chi connectivity index (χ4v) is 3.33. The minimum atomic E-state index is -1.19. The Morgan fingerprint density at radius 1 is 1.19 bits per heavy atom. The summed E-state index contributed by atoms with van der Waals surface area (Å²) >= 11 is 0. The van der Waals surface area contributed by atoms with Crippen molar-refractivity contribution in [2.75, 3.05) is 13.4 Å². The number of aliphatic hydroxyl groups is 1. The monoisotopic (exact) mass is 376 g/mol. The molecule has 27 heavy (non-hydrogen) atoms. The number of rotatable bonds is 9. The van der Waals surface area contributed by atoms with Gasteiger partial charge < -0.3 is 14.6 Å². The zero-order valence-corrected chi connectivity index (χ0v) is 15.8. The molecule has 0 spiro atoms. The molecule has 0 saturated heterocycles. The van der Waals surface area contributed by atoms with Gasteiger partial charge in [-0.25, -0.2) is 8.78 Å². The van der Waals surface area contributed by atoms with Gasteiger partial charge in [-0.2, -0.15) is 0 Å². The van der Waals surface area contributed by atoms with E-state index < -0.39 is 5.67 Å². The molecule has 1 aliphatic rings. The first-order valence-electron chi connectivity index (χ1n) is 9.34. The Kier molecular flexibility index (Phi) is 6.12. The van der Waals surface area contributed by atoms with E-state index in [9.17, 15) is 8.78 Å². The van der Waals surface area contributed by atoms with Gasteiger partial charge in [-0.3, -0.25) is 0 Å². The Hall–Kier alpha value is -1.98. The van der Waals surface area contributed by atoms with Crippen molar-refractivity contribution in [1.29, 1.82) is 0 Å². The lowest BCUT2D eigenvalue weighted by molar-refractivity contribution is -0.0120.